The first-order valence-electron chi connectivity index (χ1n) is 10.3. The molecular formula is C22H33NO4. The van der Waals surface area contributed by atoms with Crippen molar-refractivity contribution >= 4 is 11.9 Å². The summed E-state index contributed by atoms with van der Waals surface area (Å²) in [5.41, 5.74) is -0.172. The second-order valence-corrected chi connectivity index (χ2v) is 8.92. The molecule has 1 N–H and O–H groups in total. The van der Waals surface area contributed by atoms with Gasteiger partial charge in [0.25, 0.3) is 0 Å². The van der Waals surface area contributed by atoms with Crippen LogP contribution in [0, 0.1) is 30.1 Å². The minimum Gasteiger partial charge on any atom is -0.457 e. The Labute approximate surface area is 163 Å². The maximum absolute atomic E-state index is 12.0. The summed E-state index contributed by atoms with van der Waals surface area (Å²) in [6, 6.07) is 0.404. The maximum atomic E-state index is 12.0. The fourth-order valence-electron chi connectivity index (χ4n) is 4.97. The number of hydrogen-bond donors (Lipinski definition) is 1. The van der Waals surface area contributed by atoms with Crippen LogP contribution in [0.5, 0.6) is 0 Å². The molecule has 0 unspecified atom stereocenters. The zero-order valence-corrected chi connectivity index (χ0v) is 17.2. The Hall–Kier alpha value is -1.36. The molecule has 5 heteroatoms. The average molecular weight is 376 g/mol. The third-order valence-electron chi connectivity index (χ3n) is 6.76. The van der Waals surface area contributed by atoms with Gasteiger partial charge in [-0.05, 0) is 55.9 Å². The molecule has 0 saturated heterocycles. The number of esters is 1. The normalized spacial score (nSPS) is 37.0. The summed E-state index contributed by atoms with van der Waals surface area (Å²) >= 11 is 0. The Bertz CT molecular complexity index is 626. The first kappa shape index (κ1) is 20.4. The molecule has 0 aromatic carbocycles. The van der Waals surface area contributed by atoms with Gasteiger partial charge in [-0.3, -0.25) is 9.59 Å². The zero-order chi connectivity index (χ0) is 19.9. The summed E-state index contributed by atoms with van der Waals surface area (Å²) in [6.07, 6.45) is 8.86. The highest BCUT2D eigenvalue weighted by Gasteiger charge is 2.53. The van der Waals surface area contributed by atoms with Crippen LogP contribution in [0.4, 0.5) is 0 Å². The van der Waals surface area contributed by atoms with Crippen LogP contribution in [0.2, 0.25) is 0 Å². The topological polar surface area (TPSA) is 66.8 Å². The van der Waals surface area contributed by atoms with Crippen LogP contribution in [0.15, 0.2) is 11.6 Å². The van der Waals surface area contributed by atoms with E-state index in [-0.39, 0.29) is 35.5 Å². The third kappa shape index (κ3) is 4.08. The minimum atomic E-state index is -1.10. The van der Waals surface area contributed by atoms with Crippen molar-refractivity contribution in [1.29, 1.82) is 0 Å². The van der Waals surface area contributed by atoms with Crippen LogP contribution in [0.25, 0.3) is 0 Å². The number of amides is 1. The fourth-order valence-corrected chi connectivity index (χ4v) is 4.97. The molecule has 2 saturated carbocycles. The van der Waals surface area contributed by atoms with Gasteiger partial charge in [-0.2, -0.15) is 0 Å². The molecule has 3 aliphatic carbocycles. The van der Waals surface area contributed by atoms with E-state index in [1.807, 2.05) is 18.7 Å². The quantitative estimate of drug-likeness (QED) is 0.593. The Balaban J connectivity index is 1.81. The van der Waals surface area contributed by atoms with Crippen molar-refractivity contribution in [2.75, 3.05) is 6.54 Å². The molecule has 6 atom stereocenters. The molecule has 2 radical (unpaired) electrons. The van der Waals surface area contributed by atoms with Gasteiger partial charge in [0.05, 0.1) is 12.0 Å². The summed E-state index contributed by atoms with van der Waals surface area (Å²) in [6.45, 7) is 9.96. The number of rotatable bonds is 5. The number of aliphatic hydroxyl groups is 1. The highest BCUT2D eigenvalue weighted by atomic mass is 16.5. The van der Waals surface area contributed by atoms with Crippen LogP contribution in [-0.4, -0.2) is 46.2 Å². The fraction of sp³-hybridized carbons (Fsp3) is 0.773. The van der Waals surface area contributed by atoms with E-state index in [1.54, 1.807) is 6.92 Å². The molecule has 3 aliphatic rings. The van der Waals surface area contributed by atoms with E-state index in [0.29, 0.717) is 6.04 Å². The van der Waals surface area contributed by atoms with Gasteiger partial charge < -0.3 is 14.7 Å². The Morgan fingerprint density at radius 1 is 1.33 bits per heavy atom. The molecule has 2 fully saturated rings. The molecule has 0 spiro atoms. The molecular weight excluding hydrogens is 342 g/mol. The van der Waals surface area contributed by atoms with Crippen LogP contribution in [-0.2, 0) is 14.3 Å². The van der Waals surface area contributed by atoms with E-state index in [9.17, 15) is 14.7 Å². The van der Waals surface area contributed by atoms with E-state index in [2.05, 4.69) is 19.4 Å². The molecule has 0 aromatic rings. The second kappa shape index (κ2) is 7.57. The van der Waals surface area contributed by atoms with Gasteiger partial charge in [0.15, 0.2) is 0 Å². The van der Waals surface area contributed by atoms with E-state index >= 15 is 0 Å². The Kier molecular flexibility index (Phi) is 5.72. The molecule has 5 nitrogen and oxygen atoms in total. The first-order valence-corrected chi connectivity index (χ1v) is 10.3. The van der Waals surface area contributed by atoms with Gasteiger partial charge in [-0.25, -0.2) is 0 Å². The molecule has 0 aliphatic heterocycles. The maximum Gasteiger partial charge on any atom is 0.303 e. The molecule has 0 bridgehead atoms. The standard InChI is InChI=1S/C22H33NO4/c1-13-10-20-19(14(2)12-23(16(4)24)18-7-8-18)9-6-15(3)22(20,26)11-21(13)27-17(5)25/h10,14-15,18-21,26H,6-9,12H2,1-5H3/t14-,15-,19+,20-,21-,22-/m1/s1. The molecule has 0 heterocycles. The smallest absolute Gasteiger partial charge is 0.303 e. The summed E-state index contributed by atoms with van der Waals surface area (Å²) in [7, 11) is 0. The average Bonchev–Trinajstić information content (AvgIpc) is 3.39. The molecule has 150 valence electrons. The van der Waals surface area contributed by atoms with Gasteiger partial charge >= 0.3 is 5.97 Å². The van der Waals surface area contributed by atoms with Gasteiger partial charge in [0.1, 0.15) is 6.10 Å². The predicted molar refractivity (Wildman–Crippen MR) is 102 cm³/mol. The van der Waals surface area contributed by atoms with E-state index in [1.165, 1.54) is 6.92 Å². The summed E-state index contributed by atoms with van der Waals surface area (Å²) in [4.78, 5) is 25.5. The van der Waals surface area contributed by atoms with Crippen LogP contribution < -0.4 is 0 Å². The van der Waals surface area contributed by atoms with Crippen molar-refractivity contribution in [3.05, 3.63) is 18.1 Å². The first-order chi connectivity index (χ1) is 12.6. The van der Waals surface area contributed by atoms with Gasteiger partial charge in [-0.1, -0.05) is 19.9 Å². The number of carbonyl (C=O) groups is 2. The van der Waals surface area contributed by atoms with Crippen LogP contribution >= 0.6 is 0 Å². The van der Waals surface area contributed by atoms with Gasteiger partial charge in [0.2, 0.25) is 5.91 Å². The molecule has 27 heavy (non-hydrogen) atoms. The monoisotopic (exact) mass is 375 g/mol. The van der Waals surface area contributed by atoms with Crippen molar-refractivity contribution in [3.8, 4) is 0 Å². The molecule has 1 amide bonds. The van der Waals surface area contributed by atoms with Crippen molar-refractivity contribution in [2.24, 2.45) is 23.7 Å². The summed E-state index contributed by atoms with van der Waals surface area (Å²) in [5.74, 6) is 0.336. The van der Waals surface area contributed by atoms with Gasteiger partial charge in [0, 0.05) is 32.4 Å². The lowest BCUT2D eigenvalue weighted by atomic mass is 9.57. The van der Waals surface area contributed by atoms with E-state index in [4.69, 9.17) is 4.74 Å². The van der Waals surface area contributed by atoms with Crippen molar-refractivity contribution < 1.29 is 19.4 Å². The zero-order valence-electron chi connectivity index (χ0n) is 17.2. The van der Waals surface area contributed by atoms with E-state index in [0.717, 1.165) is 37.8 Å². The number of carbonyl (C=O) groups excluding carboxylic acids is 2. The summed E-state index contributed by atoms with van der Waals surface area (Å²) < 4.78 is 5.37. The second-order valence-electron chi connectivity index (χ2n) is 8.92. The predicted octanol–water partition coefficient (Wildman–Crippen LogP) is 3.00. The van der Waals surface area contributed by atoms with Crippen LogP contribution in [0.1, 0.15) is 60.3 Å². The lowest BCUT2D eigenvalue weighted by molar-refractivity contribution is -0.148. The lowest BCUT2D eigenvalue weighted by Crippen LogP contribution is -2.56. The number of ether oxygens (including phenoxy) is 1. The highest BCUT2D eigenvalue weighted by Crippen LogP contribution is 2.51. The van der Waals surface area contributed by atoms with Crippen LogP contribution in [0.3, 0.4) is 0 Å². The third-order valence-corrected chi connectivity index (χ3v) is 6.76. The highest BCUT2D eigenvalue weighted by molar-refractivity contribution is 5.74. The SMILES string of the molecule is CC(=O)O[C@@H]1[C][C@@]2(O)[C@H](C)CC[C@@H]([C@H](C)CN(C(C)=O)C3CC3)[C@H]2C=C1C. The Morgan fingerprint density at radius 2 is 2.00 bits per heavy atom. The van der Waals surface area contributed by atoms with Crippen molar-refractivity contribution in [1.82, 2.24) is 4.90 Å². The molecule has 0 aromatic heterocycles. The molecule has 3 rings (SSSR count). The largest absolute Gasteiger partial charge is 0.457 e. The number of hydrogen-bond acceptors (Lipinski definition) is 4. The summed E-state index contributed by atoms with van der Waals surface area (Å²) in [5, 5.41) is 11.5. The van der Waals surface area contributed by atoms with Crippen molar-refractivity contribution in [2.45, 2.75) is 78.0 Å². The number of fused-ring (bicyclic) bond motifs is 1. The van der Waals surface area contributed by atoms with Crippen molar-refractivity contribution in [3.63, 3.8) is 0 Å². The van der Waals surface area contributed by atoms with E-state index < -0.39 is 11.7 Å². The van der Waals surface area contributed by atoms with Gasteiger partial charge in [-0.15, -0.1) is 0 Å². The Morgan fingerprint density at radius 3 is 2.56 bits per heavy atom. The minimum absolute atomic E-state index is 0.0562. The number of nitrogens with zero attached hydrogens (tertiary/aromatic N) is 1. The lowest BCUT2D eigenvalue weighted by Gasteiger charge is -2.52.